The molecule has 3 aromatic rings. The lowest BCUT2D eigenvalue weighted by Gasteiger charge is -2.30. The molecule has 50 heavy (non-hydrogen) atoms. The van der Waals surface area contributed by atoms with Crippen molar-refractivity contribution < 1.29 is 26.7 Å². The molecule has 2 bridgehead atoms. The molecule has 0 amide bonds. The topological polar surface area (TPSA) is 168 Å². The van der Waals surface area contributed by atoms with E-state index in [9.17, 15) is 37.1 Å². The van der Waals surface area contributed by atoms with E-state index in [0.29, 0.717) is 39.0 Å². The molecule has 0 aromatic heterocycles. The Kier molecular flexibility index (Phi) is 12.0. The minimum Gasteiger partial charge on any atom is -0.291 e. The average molecular weight is 721 g/mol. The van der Waals surface area contributed by atoms with E-state index in [-0.39, 0.29) is 60.4 Å². The van der Waals surface area contributed by atoms with Gasteiger partial charge in [0, 0.05) is 87.8 Å². The number of rotatable bonds is 6. The molecule has 3 aromatic carbocycles. The third-order valence-electron chi connectivity index (χ3n) is 8.44. The number of benzene rings is 3. The van der Waals surface area contributed by atoms with E-state index in [2.05, 4.69) is 23.7 Å². The monoisotopic (exact) mass is 720 g/mol. The van der Waals surface area contributed by atoms with Crippen LogP contribution in [0.1, 0.15) is 24.0 Å². The average Bonchev–Trinajstić information content (AvgIpc) is 3.10. The summed E-state index contributed by atoms with van der Waals surface area (Å²) in [5, 5.41) is 22.3. The number of non-ortho nitro benzene ring substituents is 2. The number of sulfonamides is 2. The number of nitro groups is 2. The van der Waals surface area contributed by atoms with Gasteiger partial charge in [0.1, 0.15) is 0 Å². The van der Waals surface area contributed by atoms with E-state index in [1.807, 2.05) is 34.1 Å². The summed E-state index contributed by atoms with van der Waals surface area (Å²) in [7, 11) is -8.02. The lowest BCUT2D eigenvalue weighted by molar-refractivity contribution is -0.385. The van der Waals surface area contributed by atoms with Gasteiger partial charge in [-0.05, 0) is 49.2 Å². The third kappa shape index (κ3) is 9.10. The minimum atomic E-state index is -4.01. The quantitative estimate of drug-likeness (QED) is 0.210. The Hall–Kier alpha value is -4.68. The van der Waals surface area contributed by atoms with Gasteiger partial charge in [-0.1, -0.05) is 35.8 Å². The molecular formula is C34H36N6O8S2. The molecule has 3 heterocycles. The maximum Gasteiger partial charge on any atom is 0.269 e. The van der Waals surface area contributed by atoms with Gasteiger partial charge in [-0.3, -0.25) is 30.0 Å². The van der Waals surface area contributed by atoms with Crippen molar-refractivity contribution in [3.8, 4) is 23.7 Å². The molecule has 3 aliphatic heterocycles. The highest BCUT2D eigenvalue weighted by molar-refractivity contribution is 7.89. The Bertz CT molecular complexity index is 1900. The molecule has 1 saturated heterocycles. The Morgan fingerprint density at radius 1 is 0.520 bits per heavy atom. The largest absolute Gasteiger partial charge is 0.291 e. The summed E-state index contributed by atoms with van der Waals surface area (Å²) in [6, 6.07) is 17.2. The van der Waals surface area contributed by atoms with Crippen molar-refractivity contribution in [3.63, 3.8) is 0 Å². The Balaban J connectivity index is 1.48. The molecule has 14 nitrogen and oxygen atoms in total. The van der Waals surface area contributed by atoms with Crippen LogP contribution in [-0.2, 0) is 20.0 Å². The number of hydrogen-bond donors (Lipinski definition) is 0. The Morgan fingerprint density at radius 2 is 0.900 bits per heavy atom. The van der Waals surface area contributed by atoms with Gasteiger partial charge in [0.2, 0.25) is 20.0 Å². The zero-order valence-corrected chi connectivity index (χ0v) is 28.8. The smallest absolute Gasteiger partial charge is 0.269 e. The first-order valence-electron chi connectivity index (χ1n) is 16.0. The lowest BCUT2D eigenvalue weighted by atomic mass is 10.1. The summed E-state index contributed by atoms with van der Waals surface area (Å²) < 4.78 is 58.1. The molecule has 6 rings (SSSR count). The predicted octanol–water partition coefficient (Wildman–Crippen LogP) is 3.00. The molecule has 16 heteroatoms. The second kappa shape index (κ2) is 16.4. The number of nitrogens with zero attached hydrogens (tertiary/aromatic N) is 6. The summed E-state index contributed by atoms with van der Waals surface area (Å²) in [6.45, 7) is 2.46. The lowest BCUT2D eigenvalue weighted by Crippen LogP contribution is -2.44. The number of nitro benzene ring substituents is 2. The summed E-state index contributed by atoms with van der Waals surface area (Å²) in [5.74, 6) is 12.8. The zero-order valence-electron chi connectivity index (χ0n) is 27.2. The van der Waals surface area contributed by atoms with Crippen molar-refractivity contribution in [3.05, 3.63) is 104 Å². The van der Waals surface area contributed by atoms with E-state index >= 15 is 0 Å². The van der Waals surface area contributed by atoms with Crippen molar-refractivity contribution in [2.24, 2.45) is 0 Å². The van der Waals surface area contributed by atoms with Gasteiger partial charge >= 0.3 is 0 Å². The third-order valence-corrected chi connectivity index (χ3v) is 12.3. The molecule has 2 unspecified atom stereocenters. The van der Waals surface area contributed by atoms with Crippen LogP contribution in [0.2, 0.25) is 0 Å². The van der Waals surface area contributed by atoms with E-state index in [4.69, 9.17) is 0 Å². The van der Waals surface area contributed by atoms with Crippen LogP contribution in [0.3, 0.4) is 0 Å². The van der Waals surface area contributed by atoms with Gasteiger partial charge in [-0.15, -0.1) is 0 Å². The SMILES string of the molecule is O=[N+]([O-])c1ccc(S(=O)(=O)N2CCCN3CC#Cc4ccccc4C#CCN(CCCN(S(=O)(=O)c4ccc([N+](=O)[O-])cc4)CC3)CC2)cc1. The van der Waals surface area contributed by atoms with Crippen molar-refractivity contribution in [1.29, 1.82) is 0 Å². The number of fused-ring (bicyclic) bond motifs is 12. The Labute approximate surface area is 291 Å². The van der Waals surface area contributed by atoms with E-state index < -0.39 is 29.9 Å². The van der Waals surface area contributed by atoms with E-state index in [0.717, 1.165) is 11.1 Å². The van der Waals surface area contributed by atoms with Gasteiger partial charge in [-0.2, -0.15) is 8.61 Å². The molecule has 0 saturated carbocycles. The highest BCUT2D eigenvalue weighted by Crippen LogP contribution is 2.22. The highest BCUT2D eigenvalue weighted by atomic mass is 32.2. The van der Waals surface area contributed by atoms with Crippen LogP contribution < -0.4 is 0 Å². The summed E-state index contributed by atoms with van der Waals surface area (Å²) in [4.78, 5) is 25.0. The fraction of sp³-hybridized carbons (Fsp3) is 0.353. The standard InChI is InChI=1S/C34H36N6O8S2/c41-39(42)31-11-15-33(16-12-31)49(45,46)37-24-6-22-36-20-4-10-30-8-2-1-7-29(30)9-3-19-35(25-27-37)21-5-23-38(28-26-36)50(47,48)34-17-13-32(14-18-34)40(43)44/h1-2,7-8,11-18H,5-6,19-28H2. The fourth-order valence-electron chi connectivity index (χ4n) is 5.66. The fourth-order valence-corrected chi connectivity index (χ4v) is 8.60. The molecule has 2 atom stereocenters. The van der Waals surface area contributed by atoms with Crippen LogP contribution in [0.25, 0.3) is 0 Å². The first-order valence-corrected chi connectivity index (χ1v) is 18.8. The van der Waals surface area contributed by atoms with Gasteiger partial charge in [0.15, 0.2) is 0 Å². The molecule has 0 aliphatic carbocycles. The number of hydrogen-bond acceptors (Lipinski definition) is 10. The molecule has 3 aliphatic rings. The van der Waals surface area contributed by atoms with Crippen molar-refractivity contribution in [2.45, 2.75) is 22.6 Å². The Morgan fingerprint density at radius 3 is 1.26 bits per heavy atom. The molecule has 1 fully saturated rings. The van der Waals surface area contributed by atoms with E-state index in [1.165, 1.54) is 57.1 Å². The van der Waals surface area contributed by atoms with Crippen LogP contribution in [0.4, 0.5) is 11.4 Å². The predicted molar refractivity (Wildman–Crippen MR) is 186 cm³/mol. The minimum absolute atomic E-state index is 0.0450. The van der Waals surface area contributed by atoms with Crippen LogP contribution in [0.5, 0.6) is 0 Å². The second-order valence-corrected chi connectivity index (χ2v) is 15.6. The normalized spacial score (nSPS) is 19.9. The summed E-state index contributed by atoms with van der Waals surface area (Å²) >= 11 is 0. The first-order chi connectivity index (χ1) is 23.9. The maximum absolute atomic E-state index is 13.8. The molecular weight excluding hydrogens is 685 g/mol. The second-order valence-electron chi connectivity index (χ2n) is 11.7. The van der Waals surface area contributed by atoms with Crippen molar-refractivity contribution in [1.82, 2.24) is 18.4 Å². The van der Waals surface area contributed by atoms with Crippen LogP contribution >= 0.6 is 0 Å². The summed E-state index contributed by atoms with van der Waals surface area (Å²) in [5.41, 5.74) is 1.13. The van der Waals surface area contributed by atoms with E-state index in [1.54, 1.807) is 0 Å². The van der Waals surface area contributed by atoms with Crippen molar-refractivity contribution in [2.75, 3.05) is 65.4 Å². The zero-order chi connectivity index (χ0) is 35.7. The van der Waals surface area contributed by atoms with Gasteiger partial charge in [-0.25, -0.2) is 16.8 Å². The van der Waals surface area contributed by atoms with Gasteiger partial charge in [0.05, 0.1) is 32.7 Å². The molecule has 0 N–H and O–H groups in total. The summed E-state index contributed by atoms with van der Waals surface area (Å²) in [6.07, 6.45) is 0.804. The van der Waals surface area contributed by atoms with Crippen molar-refractivity contribution >= 4 is 31.4 Å². The van der Waals surface area contributed by atoms with Crippen LogP contribution in [0, 0.1) is 43.9 Å². The molecule has 0 radical (unpaired) electrons. The van der Waals surface area contributed by atoms with Gasteiger partial charge < -0.3 is 0 Å². The molecule has 262 valence electrons. The molecule has 0 spiro atoms. The highest BCUT2D eigenvalue weighted by Gasteiger charge is 2.28. The van der Waals surface area contributed by atoms with Crippen LogP contribution in [0.15, 0.2) is 82.6 Å². The van der Waals surface area contributed by atoms with Gasteiger partial charge in [0.25, 0.3) is 11.4 Å². The maximum atomic E-state index is 13.8. The first kappa shape index (κ1) is 36.6. The van der Waals surface area contributed by atoms with Crippen LogP contribution in [-0.4, -0.2) is 111 Å².